The highest BCUT2D eigenvalue weighted by Crippen LogP contribution is 2.04. The van der Waals surface area contributed by atoms with Crippen molar-refractivity contribution in [3.63, 3.8) is 0 Å². The van der Waals surface area contributed by atoms with Gasteiger partial charge in [-0.3, -0.25) is 4.79 Å². The predicted molar refractivity (Wildman–Crippen MR) is 72.2 cm³/mol. The number of carbonyl (C=O) groups excluding carboxylic acids is 1. The Hall–Kier alpha value is -1.87. The molecule has 0 saturated carbocycles. The molecule has 1 rings (SSSR count). The van der Waals surface area contributed by atoms with Crippen molar-refractivity contribution in [1.29, 1.82) is 5.26 Å². The molecular formula is C13H16N2O3S. The summed E-state index contributed by atoms with van der Waals surface area (Å²) in [5, 5.41) is 11.3. The Morgan fingerprint density at radius 2 is 1.95 bits per heavy atom. The molecule has 1 aromatic carbocycles. The number of nitriles is 1. The Labute approximate surface area is 113 Å². The van der Waals surface area contributed by atoms with Gasteiger partial charge in [-0.05, 0) is 24.6 Å². The van der Waals surface area contributed by atoms with Gasteiger partial charge in [0.1, 0.15) is 9.84 Å². The molecule has 0 radical (unpaired) electrons. The predicted octanol–water partition coefficient (Wildman–Crippen LogP) is 0.650. The summed E-state index contributed by atoms with van der Waals surface area (Å²) in [4.78, 5) is 11.7. The molecule has 5 nitrogen and oxygen atoms in total. The largest absolute Gasteiger partial charge is 0.352 e. The fourth-order valence-electron chi connectivity index (χ4n) is 1.70. The van der Waals surface area contributed by atoms with Gasteiger partial charge in [-0.1, -0.05) is 12.1 Å². The molecule has 0 spiro atoms. The molecule has 1 unspecified atom stereocenters. The van der Waals surface area contributed by atoms with Gasteiger partial charge in [0.15, 0.2) is 0 Å². The molecule has 6 heteroatoms. The normalized spacial score (nSPS) is 12.5. The van der Waals surface area contributed by atoms with Crippen LogP contribution in [0.2, 0.25) is 0 Å². The van der Waals surface area contributed by atoms with Gasteiger partial charge >= 0.3 is 0 Å². The van der Waals surface area contributed by atoms with Crippen LogP contribution in [0.3, 0.4) is 0 Å². The Balaban J connectivity index is 2.53. The fourth-order valence-corrected chi connectivity index (χ4v) is 2.70. The van der Waals surface area contributed by atoms with Gasteiger partial charge in [-0.15, -0.1) is 0 Å². The topological polar surface area (TPSA) is 87.0 Å². The summed E-state index contributed by atoms with van der Waals surface area (Å²) in [6, 6.07) is 8.28. The van der Waals surface area contributed by atoms with E-state index in [1.807, 2.05) is 6.07 Å². The summed E-state index contributed by atoms with van der Waals surface area (Å²) < 4.78 is 22.1. The zero-order valence-electron chi connectivity index (χ0n) is 10.9. The lowest BCUT2D eigenvalue weighted by atomic mass is 10.1. The van der Waals surface area contributed by atoms with Crippen molar-refractivity contribution in [2.45, 2.75) is 19.4 Å². The molecule has 0 aliphatic rings. The summed E-state index contributed by atoms with van der Waals surface area (Å²) >= 11 is 0. The summed E-state index contributed by atoms with van der Waals surface area (Å²) in [7, 11) is -3.10. The first kappa shape index (κ1) is 15.2. The van der Waals surface area contributed by atoms with E-state index in [-0.39, 0.29) is 18.1 Å². The van der Waals surface area contributed by atoms with Crippen molar-refractivity contribution < 1.29 is 13.2 Å². The van der Waals surface area contributed by atoms with Gasteiger partial charge in [0, 0.05) is 12.3 Å². The Morgan fingerprint density at radius 1 is 1.37 bits per heavy atom. The smallest absolute Gasteiger partial charge is 0.224 e. The molecule has 1 amide bonds. The highest BCUT2D eigenvalue weighted by molar-refractivity contribution is 7.90. The van der Waals surface area contributed by atoms with E-state index >= 15 is 0 Å². The highest BCUT2D eigenvalue weighted by atomic mass is 32.2. The zero-order chi connectivity index (χ0) is 14.5. The van der Waals surface area contributed by atoms with Crippen molar-refractivity contribution >= 4 is 15.7 Å². The highest BCUT2D eigenvalue weighted by Gasteiger charge is 2.13. The lowest BCUT2D eigenvalue weighted by Crippen LogP contribution is -2.38. The third-order valence-electron chi connectivity index (χ3n) is 2.41. The van der Waals surface area contributed by atoms with Crippen molar-refractivity contribution in [2.24, 2.45) is 0 Å². The molecule has 0 bridgehead atoms. The van der Waals surface area contributed by atoms with E-state index in [4.69, 9.17) is 5.26 Å². The average molecular weight is 280 g/mol. The molecule has 19 heavy (non-hydrogen) atoms. The van der Waals surface area contributed by atoms with Crippen molar-refractivity contribution in [2.75, 3.05) is 12.0 Å². The van der Waals surface area contributed by atoms with Crippen LogP contribution < -0.4 is 5.32 Å². The number of rotatable bonds is 5. The zero-order valence-corrected chi connectivity index (χ0v) is 11.7. The monoisotopic (exact) mass is 280 g/mol. The Bertz CT molecular complexity index is 585. The minimum Gasteiger partial charge on any atom is -0.352 e. The van der Waals surface area contributed by atoms with Crippen LogP contribution in [0.25, 0.3) is 0 Å². The van der Waals surface area contributed by atoms with E-state index < -0.39 is 15.9 Å². The molecule has 0 heterocycles. The third-order valence-corrected chi connectivity index (χ3v) is 3.51. The molecule has 0 saturated heterocycles. The maximum atomic E-state index is 11.7. The van der Waals surface area contributed by atoms with Crippen LogP contribution in [-0.2, 0) is 21.1 Å². The summed E-state index contributed by atoms with van der Waals surface area (Å²) in [6.07, 6.45) is 1.30. The first-order valence-corrected chi connectivity index (χ1v) is 7.82. The van der Waals surface area contributed by atoms with E-state index in [0.717, 1.165) is 11.8 Å². The maximum Gasteiger partial charge on any atom is 0.224 e. The second kappa shape index (κ2) is 6.34. The van der Waals surface area contributed by atoms with Crippen molar-refractivity contribution in [3.8, 4) is 6.07 Å². The summed E-state index contributed by atoms with van der Waals surface area (Å²) in [5.74, 6) is -0.313. The average Bonchev–Trinajstić information content (AvgIpc) is 2.27. The molecule has 1 N–H and O–H groups in total. The molecule has 102 valence electrons. The van der Waals surface area contributed by atoms with E-state index in [0.29, 0.717) is 5.56 Å². The molecule has 0 aromatic heterocycles. The molecule has 0 aliphatic heterocycles. The number of carbonyl (C=O) groups is 1. The van der Waals surface area contributed by atoms with Crippen LogP contribution in [0.1, 0.15) is 18.1 Å². The minimum atomic E-state index is -3.10. The molecule has 1 atom stereocenters. The quantitative estimate of drug-likeness (QED) is 0.858. The second-order valence-corrected chi connectivity index (χ2v) is 6.73. The van der Waals surface area contributed by atoms with Gasteiger partial charge in [-0.2, -0.15) is 5.26 Å². The van der Waals surface area contributed by atoms with Crippen LogP contribution in [0.15, 0.2) is 24.3 Å². The summed E-state index contributed by atoms with van der Waals surface area (Å²) in [6.45, 7) is 1.65. The van der Waals surface area contributed by atoms with Gasteiger partial charge in [-0.25, -0.2) is 8.42 Å². The van der Waals surface area contributed by atoms with E-state index in [2.05, 4.69) is 5.32 Å². The van der Waals surface area contributed by atoms with Crippen LogP contribution in [-0.4, -0.2) is 32.4 Å². The fraction of sp³-hybridized carbons (Fsp3) is 0.385. The first-order valence-electron chi connectivity index (χ1n) is 5.76. The summed E-state index contributed by atoms with van der Waals surface area (Å²) in [5.41, 5.74) is 1.32. The van der Waals surface area contributed by atoms with Crippen LogP contribution in [0.4, 0.5) is 0 Å². The third kappa shape index (κ3) is 6.02. The van der Waals surface area contributed by atoms with E-state index in [1.165, 1.54) is 0 Å². The second-order valence-electron chi connectivity index (χ2n) is 4.55. The standard InChI is InChI=1S/C13H16N2O3S/c1-10(9-19(2,17)18)15-13(16)7-11-3-5-12(8-14)6-4-11/h3-6,10H,7,9H2,1-2H3,(H,15,16). The van der Waals surface area contributed by atoms with E-state index in [1.54, 1.807) is 31.2 Å². The van der Waals surface area contributed by atoms with Crippen molar-refractivity contribution in [1.82, 2.24) is 5.32 Å². The van der Waals surface area contributed by atoms with Crippen molar-refractivity contribution in [3.05, 3.63) is 35.4 Å². The number of amides is 1. The van der Waals surface area contributed by atoms with Crippen LogP contribution >= 0.6 is 0 Å². The SMILES string of the molecule is CC(CS(C)(=O)=O)NC(=O)Cc1ccc(C#N)cc1. The van der Waals surface area contributed by atoms with Crippen LogP contribution in [0, 0.1) is 11.3 Å². The number of hydrogen-bond donors (Lipinski definition) is 1. The minimum absolute atomic E-state index is 0.0773. The Morgan fingerprint density at radius 3 is 2.42 bits per heavy atom. The first-order chi connectivity index (χ1) is 8.80. The van der Waals surface area contributed by atoms with Gasteiger partial charge in [0.05, 0.1) is 23.8 Å². The van der Waals surface area contributed by atoms with Gasteiger partial charge in [0.2, 0.25) is 5.91 Å². The number of hydrogen-bond acceptors (Lipinski definition) is 4. The van der Waals surface area contributed by atoms with Gasteiger partial charge in [0.25, 0.3) is 0 Å². The lowest BCUT2D eigenvalue weighted by Gasteiger charge is -2.12. The molecule has 0 fully saturated rings. The Kier molecular flexibility index (Phi) is 5.07. The van der Waals surface area contributed by atoms with E-state index in [9.17, 15) is 13.2 Å². The number of nitrogens with zero attached hydrogens (tertiary/aromatic N) is 1. The van der Waals surface area contributed by atoms with Gasteiger partial charge < -0.3 is 5.32 Å². The lowest BCUT2D eigenvalue weighted by molar-refractivity contribution is -0.120. The molecule has 1 aromatic rings. The molecule has 0 aliphatic carbocycles. The number of benzene rings is 1. The maximum absolute atomic E-state index is 11.7. The number of nitrogens with one attached hydrogen (secondary N) is 1. The number of sulfone groups is 1. The molecular weight excluding hydrogens is 264 g/mol. The van der Waals surface area contributed by atoms with Crippen LogP contribution in [0.5, 0.6) is 0 Å².